The fraction of sp³-hybridized carbons (Fsp3) is 0.381. The number of amides is 2. The van der Waals surface area contributed by atoms with Gasteiger partial charge in [-0.3, -0.25) is 9.59 Å². The summed E-state index contributed by atoms with van der Waals surface area (Å²) in [5.41, 5.74) is 7.99. The molecule has 148 valence electrons. The number of nitrogens with one attached hydrogen (secondary N) is 1. The second kappa shape index (κ2) is 8.73. The van der Waals surface area contributed by atoms with Gasteiger partial charge in [-0.1, -0.05) is 12.1 Å². The molecular formula is C21H26N4O3. The van der Waals surface area contributed by atoms with Gasteiger partial charge < -0.3 is 20.7 Å². The predicted molar refractivity (Wildman–Crippen MR) is 108 cm³/mol. The van der Waals surface area contributed by atoms with Crippen LogP contribution in [0.1, 0.15) is 24.0 Å². The zero-order chi connectivity index (χ0) is 20.1. The van der Waals surface area contributed by atoms with Gasteiger partial charge in [0.15, 0.2) is 0 Å². The largest absolute Gasteiger partial charge is 0.496 e. The lowest BCUT2D eigenvalue weighted by molar-refractivity contribution is -0.122. The Morgan fingerprint density at radius 3 is 2.82 bits per heavy atom. The first-order valence-corrected chi connectivity index (χ1v) is 9.40. The number of piperidine rings is 1. The van der Waals surface area contributed by atoms with Crippen molar-refractivity contribution < 1.29 is 14.3 Å². The van der Waals surface area contributed by atoms with Crippen molar-refractivity contribution in [2.24, 2.45) is 11.7 Å². The van der Waals surface area contributed by atoms with Gasteiger partial charge in [-0.15, -0.1) is 0 Å². The van der Waals surface area contributed by atoms with Crippen molar-refractivity contribution >= 4 is 23.3 Å². The smallest absolute Gasteiger partial charge is 0.228 e. The molecule has 1 aliphatic heterocycles. The number of carbonyl (C=O) groups is 2. The lowest BCUT2D eigenvalue weighted by Crippen LogP contribution is -2.41. The van der Waals surface area contributed by atoms with Crippen molar-refractivity contribution in [3.8, 4) is 5.75 Å². The van der Waals surface area contributed by atoms with E-state index in [0.717, 1.165) is 42.1 Å². The summed E-state index contributed by atoms with van der Waals surface area (Å²) in [5, 5.41) is 2.86. The fourth-order valence-corrected chi connectivity index (χ4v) is 3.43. The Labute approximate surface area is 164 Å². The van der Waals surface area contributed by atoms with E-state index >= 15 is 0 Å². The van der Waals surface area contributed by atoms with Gasteiger partial charge >= 0.3 is 0 Å². The van der Waals surface area contributed by atoms with E-state index in [9.17, 15) is 9.59 Å². The number of aromatic nitrogens is 1. The maximum Gasteiger partial charge on any atom is 0.228 e. The lowest BCUT2D eigenvalue weighted by atomic mass is 9.97. The van der Waals surface area contributed by atoms with Gasteiger partial charge in [0.05, 0.1) is 31.3 Å². The van der Waals surface area contributed by atoms with Gasteiger partial charge in [0.1, 0.15) is 11.6 Å². The molecule has 2 heterocycles. The van der Waals surface area contributed by atoms with E-state index in [2.05, 4.69) is 15.2 Å². The third-order valence-corrected chi connectivity index (χ3v) is 5.02. The van der Waals surface area contributed by atoms with Crippen LogP contribution in [0.4, 0.5) is 11.5 Å². The number of primary amides is 1. The third-order valence-electron chi connectivity index (χ3n) is 5.02. The number of pyridine rings is 1. The molecule has 0 spiro atoms. The van der Waals surface area contributed by atoms with Crippen molar-refractivity contribution in [2.45, 2.75) is 26.2 Å². The number of ether oxygens (including phenoxy) is 1. The summed E-state index contributed by atoms with van der Waals surface area (Å²) in [4.78, 5) is 30.3. The first-order valence-electron chi connectivity index (χ1n) is 9.40. The Morgan fingerprint density at radius 2 is 2.14 bits per heavy atom. The molecule has 7 nitrogen and oxygen atoms in total. The first-order chi connectivity index (χ1) is 13.5. The number of aryl methyl sites for hydroxylation is 1. The van der Waals surface area contributed by atoms with Gasteiger partial charge in [0.2, 0.25) is 11.8 Å². The molecule has 1 aliphatic rings. The number of carbonyl (C=O) groups excluding carboxylic acids is 2. The highest BCUT2D eigenvalue weighted by Gasteiger charge is 2.24. The van der Waals surface area contributed by atoms with Crippen molar-refractivity contribution in [3.63, 3.8) is 0 Å². The number of nitrogens with two attached hydrogens (primary N) is 1. The number of nitrogens with zero attached hydrogens (tertiary/aromatic N) is 2. The molecule has 1 saturated heterocycles. The molecule has 0 aliphatic carbocycles. The Morgan fingerprint density at radius 1 is 1.32 bits per heavy atom. The number of rotatable bonds is 6. The van der Waals surface area contributed by atoms with Crippen LogP contribution in [-0.4, -0.2) is 37.0 Å². The quantitative estimate of drug-likeness (QED) is 0.799. The number of methoxy groups -OCH3 is 1. The molecule has 2 amide bonds. The maximum atomic E-state index is 12.3. The topological polar surface area (TPSA) is 97.5 Å². The summed E-state index contributed by atoms with van der Waals surface area (Å²) in [5.74, 6) is 1.04. The molecule has 0 radical (unpaired) electrons. The van der Waals surface area contributed by atoms with Crippen molar-refractivity contribution in [1.82, 2.24) is 4.98 Å². The van der Waals surface area contributed by atoms with Crippen LogP contribution in [0, 0.1) is 12.8 Å². The van der Waals surface area contributed by atoms with Crippen molar-refractivity contribution in [1.29, 1.82) is 0 Å². The summed E-state index contributed by atoms with van der Waals surface area (Å²) in [6.07, 6.45) is 3.62. The van der Waals surface area contributed by atoms with Gasteiger partial charge in [-0.05, 0) is 49.1 Å². The highest BCUT2D eigenvalue weighted by molar-refractivity contribution is 5.92. The van der Waals surface area contributed by atoms with Crippen LogP contribution < -0.4 is 20.7 Å². The van der Waals surface area contributed by atoms with E-state index in [1.807, 2.05) is 37.3 Å². The minimum absolute atomic E-state index is 0.118. The van der Waals surface area contributed by atoms with Gasteiger partial charge in [-0.25, -0.2) is 4.98 Å². The molecule has 3 N–H and O–H groups in total. The summed E-state index contributed by atoms with van der Waals surface area (Å²) in [6, 6.07) is 9.42. The zero-order valence-corrected chi connectivity index (χ0v) is 16.3. The van der Waals surface area contributed by atoms with E-state index in [0.29, 0.717) is 12.2 Å². The summed E-state index contributed by atoms with van der Waals surface area (Å²) < 4.78 is 5.30. The Hall–Kier alpha value is -3.09. The predicted octanol–water partition coefficient (Wildman–Crippen LogP) is 2.28. The first kappa shape index (κ1) is 19.7. The van der Waals surface area contributed by atoms with Crippen LogP contribution in [0.3, 0.4) is 0 Å². The average Bonchev–Trinajstić information content (AvgIpc) is 2.70. The standard InChI is InChI=1S/C21H26N4O3/c1-14-5-6-15(10-18(14)28-2)11-20(26)24-17-7-8-19(23-12-17)25-9-3-4-16(13-25)21(22)27/h5-8,10,12,16H,3-4,9,11,13H2,1-2H3,(H2,22,27)(H,24,26). The number of benzene rings is 1. The Bertz CT molecular complexity index is 851. The van der Waals surface area contributed by atoms with Gasteiger partial charge in [0.25, 0.3) is 0 Å². The minimum Gasteiger partial charge on any atom is -0.496 e. The second-order valence-electron chi connectivity index (χ2n) is 7.12. The molecule has 3 rings (SSSR count). The van der Waals surface area contributed by atoms with Crippen LogP contribution in [-0.2, 0) is 16.0 Å². The average molecular weight is 382 g/mol. The molecular weight excluding hydrogens is 356 g/mol. The maximum absolute atomic E-state index is 12.3. The highest BCUT2D eigenvalue weighted by Crippen LogP contribution is 2.23. The van der Waals surface area contributed by atoms with Crippen LogP contribution in [0.15, 0.2) is 36.5 Å². The summed E-state index contributed by atoms with van der Waals surface area (Å²) in [7, 11) is 1.62. The molecule has 2 aromatic rings. The minimum atomic E-state index is -0.263. The SMILES string of the molecule is COc1cc(CC(=O)Nc2ccc(N3CCCC(C(N)=O)C3)nc2)ccc1C. The van der Waals surface area contributed by atoms with Crippen LogP contribution in [0.25, 0.3) is 0 Å². The lowest BCUT2D eigenvalue weighted by Gasteiger charge is -2.32. The molecule has 28 heavy (non-hydrogen) atoms. The summed E-state index contributed by atoms with van der Waals surface area (Å²) in [6.45, 7) is 3.39. The van der Waals surface area contributed by atoms with Gasteiger partial charge in [0, 0.05) is 13.1 Å². The highest BCUT2D eigenvalue weighted by atomic mass is 16.5. The van der Waals surface area contributed by atoms with E-state index in [4.69, 9.17) is 10.5 Å². The number of hydrogen-bond donors (Lipinski definition) is 2. The van der Waals surface area contributed by atoms with Crippen molar-refractivity contribution in [3.05, 3.63) is 47.7 Å². The zero-order valence-electron chi connectivity index (χ0n) is 16.3. The van der Waals surface area contributed by atoms with Crippen LogP contribution in [0.5, 0.6) is 5.75 Å². The third kappa shape index (κ3) is 4.79. The molecule has 0 saturated carbocycles. The molecule has 1 unspecified atom stereocenters. The summed E-state index contributed by atoms with van der Waals surface area (Å²) >= 11 is 0. The number of anilines is 2. The Kier molecular flexibility index (Phi) is 6.13. The van der Waals surface area contributed by atoms with Gasteiger partial charge in [-0.2, -0.15) is 0 Å². The monoisotopic (exact) mass is 382 g/mol. The normalized spacial score (nSPS) is 16.5. The second-order valence-corrected chi connectivity index (χ2v) is 7.12. The Balaban J connectivity index is 1.59. The molecule has 7 heteroatoms. The van der Waals surface area contributed by atoms with E-state index in [1.54, 1.807) is 13.3 Å². The van der Waals surface area contributed by atoms with E-state index in [1.165, 1.54) is 0 Å². The van der Waals surface area contributed by atoms with E-state index < -0.39 is 0 Å². The fourth-order valence-electron chi connectivity index (χ4n) is 3.43. The number of hydrogen-bond acceptors (Lipinski definition) is 5. The van der Waals surface area contributed by atoms with E-state index in [-0.39, 0.29) is 24.2 Å². The van der Waals surface area contributed by atoms with Crippen molar-refractivity contribution in [2.75, 3.05) is 30.4 Å². The molecule has 1 aromatic heterocycles. The molecule has 0 bridgehead atoms. The molecule has 1 atom stereocenters. The molecule has 1 aromatic carbocycles. The van der Waals surface area contributed by atoms with Crippen LogP contribution >= 0.6 is 0 Å². The van der Waals surface area contributed by atoms with Crippen LogP contribution in [0.2, 0.25) is 0 Å². The molecule has 1 fully saturated rings.